The molecule has 96 valence electrons. The van der Waals surface area contributed by atoms with Crippen LogP contribution in [0, 0.1) is 10.1 Å². The van der Waals surface area contributed by atoms with Gasteiger partial charge in [-0.05, 0) is 19.1 Å². The van der Waals surface area contributed by atoms with Crippen LogP contribution in [-0.4, -0.2) is 28.8 Å². The second-order valence-corrected chi connectivity index (χ2v) is 3.09. The van der Waals surface area contributed by atoms with Crippen LogP contribution in [0.1, 0.15) is 6.92 Å². The molecule has 0 heterocycles. The summed E-state index contributed by atoms with van der Waals surface area (Å²) in [4.78, 5) is 32.5. The highest BCUT2D eigenvalue weighted by Crippen LogP contribution is 2.20. The van der Waals surface area contributed by atoms with E-state index < -0.39 is 17.1 Å². The van der Waals surface area contributed by atoms with Gasteiger partial charge in [-0.15, -0.1) is 0 Å². The molecule has 0 unspecified atom stereocenters. The molecule has 1 aromatic carbocycles. The van der Waals surface area contributed by atoms with Crippen LogP contribution in [0.15, 0.2) is 24.3 Å². The van der Waals surface area contributed by atoms with Crippen molar-refractivity contribution in [2.75, 3.05) is 11.5 Å². The summed E-state index contributed by atoms with van der Waals surface area (Å²) in [6, 6.07) is 4.52. The number of amides is 2. The molecule has 1 rings (SSSR count). The Morgan fingerprint density at radius 2 is 1.94 bits per heavy atom. The van der Waals surface area contributed by atoms with E-state index in [-0.39, 0.29) is 18.0 Å². The Labute approximate surface area is 102 Å². The Kier molecular flexibility index (Phi) is 4.19. The van der Waals surface area contributed by atoms with Crippen LogP contribution in [0.4, 0.5) is 21.0 Å². The zero-order valence-electron chi connectivity index (χ0n) is 9.40. The Balaban J connectivity index is 3.03. The van der Waals surface area contributed by atoms with Gasteiger partial charge in [0.15, 0.2) is 0 Å². The smallest absolute Gasteiger partial charge is 0.423 e. The monoisotopic (exact) mass is 254 g/mol. The zero-order valence-corrected chi connectivity index (χ0v) is 9.40. The molecular weight excluding hydrogens is 244 g/mol. The molecule has 0 aliphatic rings. The Hall–Kier alpha value is -2.64. The molecule has 2 amide bonds. The van der Waals surface area contributed by atoms with Crippen molar-refractivity contribution in [2.24, 2.45) is 0 Å². The highest BCUT2D eigenvalue weighted by Gasteiger charge is 2.24. The normalized spacial score (nSPS) is 9.61. The van der Waals surface area contributed by atoms with E-state index in [9.17, 15) is 19.7 Å². The van der Waals surface area contributed by atoms with Gasteiger partial charge in [0, 0.05) is 12.1 Å². The summed E-state index contributed by atoms with van der Waals surface area (Å²) in [5, 5.41) is 19.3. The van der Waals surface area contributed by atoms with Crippen LogP contribution < -0.4 is 4.90 Å². The van der Waals surface area contributed by atoms with E-state index in [1.165, 1.54) is 6.92 Å². The zero-order chi connectivity index (χ0) is 13.7. The van der Waals surface area contributed by atoms with Crippen LogP contribution >= 0.6 is 0 Å². The maximum atomic E-state index is 11.4. The van der Waals surface area contributed by atoms with Crippen molar-refractivity contribution in [1.29, 1.82) is 0 Å². The van der Waals surface area contributed by atoms with Crippen LogP contribution in [-0.2, 0) is 4.74 Å². The summed E-state index contributed by atoms with van der Waals surface area (Å²) in [5.41, 5.74) is -0.223. The number of hydrogen-bond donors (Lipinski definition) is 1. The molecule has 8 heteroatoms. The third kappa shape index (κ3) is 2.94. The fourth-order valence-electron chi connectivity index (χ4n) is 1.21. The Morgan fingerprint density at radius 3 is 2.33 bits per heavy atom. The average Bonchev–Trinajstić information content (AvgIpc) is 2.29. The lowest BCUT2D eigenvalue weighted by molar-refractivity contribution is -0.384. The van der Waals surface area contributed by atoms with Gasteiger partial charge >= 0.3 is 12.2 Å². The van der Waals surface area contributed by atoms with Crippen LogP contribution in [0.5, 0.6) is 0 Å². The number of anilines is 1. The first kappa shape index (κ1) is 13.4. The molecule has 8 nitrogen and oxygen atoms in total. The molecule has 0 aliphatic heterocycles. The lowest BCUT2D eigenvalue weighted by Gasteiger charge is -2.16. The van der Waals surface area contributed by atoms with Gasteiger partial charge in [-0.3, -0.25) is 10.1 Å². The van der Waals surface area contributed by atoms with E-state index in [0.717, 1.165) is 24.3 Å². The first-order valence-electron chi connectivity index (χ1n) is 4.91. The van der Waals surface area contributed by atoms with E-state index in [1.807, 2.05) is 0 Å². The number of imide groups is 1. The molecule has 0 aromatic heterocycles. The third-order valence-electron chi connectivity index (χ3n) is 1.96. The molecular formula is C10H10N2O6. The van der Waals surface area contributed by atoms with Crippen molar-refractivity contribution in [1.82, 2.24) is 0 Å². The standard InChI is InChI=1S/C10H10N2O6/c1-2-18-10(15)11(9(13)14)7-3-5-8(6-4-7)12(16)17/h3-6H,2H2,1H3,(H,13,14). The lowest BCUT2D eigenvalue weighted by Crippen LogP contribution is -2.36. The van der Waals surface area contributed by atoms with Gasteiger partial charge in [-0.25, -0.2) is 9.59 Å². The van der Waals surface area contributed by atoms with E-state index in [1.54, 1.807) is 0 Å². The number of carboxylic acid groups (broad SMARTS) is 1. The van der Waals surface area contributed by atoms with Crippen LogP contribution in [0.25, 0.3) is 0 Å². The van der Waals surface area contributed by atoms with E-state index in [0.29, 0.717) is 4.90 Å². The van der Waals surface area contributed by atoms with Crippen molar-refractivity contribution in [2.45, 2.75) is 6.92 Å². The van der Waals surface area contributed by atoms with Gasteiger partial charge in [0.2, 0.25) is 0 Å². The fraction of sp³-hybridized carbons (Fsp3) is 0.200. The number of nitro benzene ring substituents is 1. The molecule has 0 radical (unpaired) electrons. The van der Waals surface area contributed by atoms with E-state index in [4.69, 9.17) is 5.11 Å². The van der Waals surface area contributed by atoms with Crippen molar-refractivity contribution in [3.63, 3.8) is 0 Å². The number of nitro groups is 1. The molecule has 0 bridgehead atoms. The minimum absolute atomic E-state index is 0.0217. The van der Waals surface area contributed by atoms with Crippen molar-refractivity contribution < 1.29 is 24.4 Å². The third-order valence-corrected chi connectivity index (χ3v) is 1.96. The Morgan fingerprint density at radius 1 is 1.39 bits per heavy atom. The molecule has 0 aliphatic carbocycles. The highest BCUT2D eigenvalue weighted by atomic mass is 16.6. The quantitative estimate of drug-likeness (QED) is 0.654. The molecule has 18 heavy (non-hydrogen) atoms. The van der Waals surface area contributed by atoms with Gasteiger partial charge in [-0.2, -0.15) is 4.90 Å². The average molecular weight is 254 g/mol. The number of non-ortho nitro benzene ring substituents is 1. The molecule has 0 spiro atoms. The summed E-state index contributed by atoms with van der Waals surface area (Å²) in [6.07, 6.45) is -2.58. The number of nitrogens with zero attached hydrogens (tertiary/aromatic N) is 2. The second kappa shape index (κ2) is 5.62. The summed E-state index contributed by atoms with van der Waals surface area (Å²) in [5.74, 6) is 0. The molecule has 1 aromatic rings. The van der Waals surface area contributed by atoms with Gasteiger partial charge in [-0.1, -0.05) is 0 Å². The predicted molar refractivity (Wildman–Crippen MR) is 60.6 cm³/mol. The Bertz CT molecular complexity index is 470. The van der Waals surface area contributed by atoms with Crippen molar-refractivity contribution >= 4 is 23.6 Å². The maximum Gasteiger partial charge on any atom is 0.423 e. The maximum absolute atomic E-state index is 11.4. The minimum Gasteiger partial charge on any atom is -0.464 e. The van der Waals surface area contributed by atoms with E-state index in [2.05, 4.69) is 4.74 Å². The van der Waals surface area contributed by atoms with Crippen LogP contribution in [0.3, 0.4) is 0 Å². The first-order valence-corrected chi connectivity index (χ1v) is 4.91. The van der Waals surface area contributed by atoms with Crippen LogP contribution in [0.2, 0.25) is 0 Å². The van der Waals surface area contributed by atoms with Gasteiger partial charge in [0.1, 0.15) is 0 Å². The largest absolute Gasteiger partial charge is 0.464 e. The summed E-state index contributed by atoms with van der Waals surface area (Å²) in [7, 11) is 0. The number of carbonyl (C=O) groups excluding carboxylic acids is 1. The number of rotatable bonds is 3. The SMILES string of the molecule is CCOC(=O)N(C(=O)O)c1ccc([N+](=O)[O-])cc1. The number of hydrogen-bond acceptors (Lipinski definition) is 5. The second-order valence-electron chi connectivity index (χ2n) is 3.09. The van der Waals surface area contributed by atoms with Gasteiger partial charge in [0.05, 0.1) is 17.2 Å². The van der Waals surface area contributed by atoms with Crippen molar-refractivity contribution in [3.8, 4) is 0 Å². The number of carbonyl (C=O) groups is 2. The molecule has 0 atom stereocenters. The van der Waals surface area contributed by atoms with Gasteiger partial charge < -0.3 is 9.84 Å². The molecule has 0 saturated carbocycles. The van der Waals surface area contributed by atoms with Crippen molar-refractivity contribution in [3.05, 3.63) is 34.4 Å². The minimum atomic E-state index is -1.53. The molecule has 0 fully saturated rings. The summed E-state index contributed by atoms with van der Waals surface area (Å²) < 4.78 is 4.57. The summed E-state index contributed by atoms with van der Waals surface area (Å²) >= 11 is 0. The van der Waals surface area contributed by atoms with Gasteiger partial charge in [0.25, 0.3) is 5.69 Å². The van der Waals surface area contributed by atoms with E-state index >= 15 is 0 Å². The number of ether oxygens (including phenoxy) is 1. The summed E-state index contributed by atoms with van der Waals surface area (Å²) in [6.45, 7) is 1.56. The first-order chi connectivity index (χ1) is 8.47. The predicted octanol–water partition coefficient (Wildman–Crippen LogP) is 2.24. The number of benzene rings is 1. The molecule has 0 saturated heterocycles. The topological polar surface area (TPSA) is 110 Å². The fourth-order valence-corrected chi connectivity index (χ4v) is 1.21. The molecule has 1 N–H and O–H groups in total. The highest BCUT2D eigenvalue weighted by molar-refractivity contribution is 6.08. The lowest BCUT2D eigenvalue weighted by atomic mass is 10.2.